The molecule has 0 atom stereocenters. The molecule has 0 saturated heterocycles. The van der Waals surface area contributed by atoms with E-state index in [0.29, 0.717) is 0 Å². The first-order valence-electron chi connectivity index (χ1n) is 3.32. The molecule has 1 radical (unpaired) electrons. The number of methoxy groups -OCH3 is 3. The molecule has 0 aliphatic heterocycles. The van der Waals surface area contributed by atoms with E-state index in [1.165, 1.54) is 0 Å². The molecule has 8 heteroatoms. The first-order chi connectivity index (χ1) is 6.08. The molecule has 14 heavy (non-hydrogen) atoms. The summed E-state index contributed by atoms with van der Waals surface area (Å²) in [5.74, 6) is -3.00. The normalized spacial score (nSPS) is 8.57. The summed E-state index contributed by atoms with van der Waals surface area (Å²) in [4.78, 5) is 32.7. The molecule has 0 fully saturated rings. The van der Waals surface area contributed by atoms with E-state index in [1.54, 1.807) is 0 Å². The van der Waals surface area contributed by atoms with Gasteiger partial charge < -0.3 is 28.6 Å². The number of hydrogen-bond acceptors (Lipinski definition) is 6. The average molecular weight is 211 g/mol. The maximum atomic E-state index is 10.9. The topological polar surface area (TPSA) is 78.9 Å². The van der Waals surface area contributed by atoms with Crippen LogP contribution in [0.4, 0.5) is 14.4 Å². The maximum absolute atomic E-state index is 10.9. The van der Waals surface area contributed by atoms with E-state index >= 15 is 0 Å². The summed E-state index contributed by atoms with van der Waals surface area (Å²) in [6, 6.07) is 0. The molecule has 0 aromatic heterocycles. The van der Waals surface area contributed by atoms with Gasteiger partial charge in [-0.15, -0.1) is 0 Å². The Morgan fingerprint density at radius 1 is 0.786 bits per heavy atom. The first-order valence-corrected chi connectivity index (χ1v) is 3.32. The van der Waals surface area contributed by atoms with Gasteiger partial charge >= 0.3 is 29.6 Å². The van der Waals surface area contributed by atoms with Crippen LogP contribution in [-0.4, -0.2) is 45.6 Å². The zero-order chi connectivity index (χ0) is 10.4. The Morgan fingerprint density at radius 2 is 1.00 bits per heavy atom. The van der Waals surface area contributed by atoms with E-state index in [4.69, 9.17) is 0 Å². The van der Waals surface area contributed by atoms with Crippen molar-refractivity contribution in [2.45, 2.75) is 0 Å². The van der Waals surface area contributed by atoms with E-state index in [1.807, 2.05) is 0 Å². The van der Waals surface area contributed by atoms with E-state index in [2.05, 4.69) is 14.2 Å². The Bertz CT molecular complexity index is 192. The summed E-state index contributed by atoms with van der Waals surface area (Å²) in [5, 5.41) is 0. The number of rotatable bonds is 3. The molecular weight excluding hydrogens is 202 g/mol. The molecule has 0 rings (SSSR count). The molecular formula is C6H9BNaO6. The quantitative estimate of drug-likeness (QED) is 0.380. The van der Waals surface area contributed by atoms with Gasteiger partial charge in [-0.05, 0) is 0 Å². The zero-order valence-electron chi connectivity index (χ0n) is 8.53. The van der Waals surface area contributed by atoms with Crippen LogP contribution in [0.25, 0.3) is 0 Å². The third-order valence-corrected chi connectivity index (χ3v) is 1.31. The second kappa shape index (κ2) is 7.84. The van der Waals surface area contributed by atoms with Crippen LogP contribution in [0.2, 0.25) is 0 Å². The standard InChI is InChI=1S/C6H9BO6.Na/c1-11-4(8)7(5(9)12-2)6(10)13-3;/h1-3H3;/q-1;+1. The fourth-order valence-corrected chi connectivity index (χ4v) is 0.642. The minimum Gasteiger partial charge on any atom is -0.505 e. The molecule has 0 aromatic carbocycles. The largest absolute Gasteiger partial charge is 1.00 e. The smallest absolute Gasteiger partial charge is 0.505 e. The first kappa shape index (κ1) is 15.9. The third kappa shape index (κ3) is 4.12. The molecule has 0 aliphatic carbocycles. The minimum absolute atomic E-state index is 0. The van der Waals surface area contributed by atoms with Crippen molar-refractivity contribution in [1.82, 2.24) is 0 Å². The van der Waals surface area contributed by atoms with Gasteiger partial charge in [-0.2, -0.15) is 0 Å². The number of hydrogen-bond donors (Lipinski definition) is 0. The van der Waals surface area contributed by atoms with Crippen molar-refractivity contribution in [2.75, 3.05) is 21.3 Å². The molecule has 0 aromatic rings. The molecule has 0 N–H and O–H groups in total. The maximum Gasteiger partial charge on any atom is 1.00 e. The van der Waals surface area contributed by atoms with Crippen molar-refractivity contribution in [3.05, 3.63) is 0 Å². The Kier molecular flexibility index (Phi) is 8.92. The fourth-order valence-electron chi connectivity index (χ4n) is 0.642. The van der Waals surface area contributed by atoms with Crippen molar-refractivity contribution >= 4 is 24.3 Å². The fraction of sp³-hybridized carbons (Fsp3) is 0.500. The van der Waals surface area contributed by atoms with Crippen LogP contribution in [0.3, 0.4) is 0 Å². The van der Waals surface area contributed by atoms with Gasteiger partial charge in [0.25, 0.3) is 6.71 Å². The SMILES string of the molecule is COC(=O)[B-](C(=O)OC)C(=O)OC.[Na+]. The van der Waals surface area contributed by atoms with Crippen LogP contribution in [0.1, 0.15) is 0 Å². The van der Waals surface area contributed by atoms with Gasteiger partial charge in [-0.25, -0.2) is 0 Å². The van der Waals surface area contributed by atoms with Crippen LogP contribution in [-0.2, 0) is 14.2 Å². The van der Waals surface area contributed by atoms with Gasteiger partial charge in [-0.1, -0.05) is 0 Å². The van der Waals surface area contributed by atoms with Crippen LogP contribution < -0.4 is 29.6 Å². The third-order valence-electron chi connectivity index (χ3n) is 1.31. The molecule has 6 nitrogen and oxygen atoms in total. The van der Waals surface area contributed by atoms with Crippen LogP contribution >= 0.6 is 0 Å². The molecule has 0 amide bonds. The second-order valence-electron chi connectivity index (χ2n) is 2.00. The Labute approximate surface area is 104 Å². The van der Waals surface area contributed by atoms with Crippen molar-refractivity contribution in [3.8, 4) is 0 Å². The van der Waals surface area contributed by atoms with Crippen LogP contribution in [0.5, 0.6) is 0 Å². The number of carbonyl (C=O) groups excluding carboxylic acids is 3. The zero-order valence-corrected chi connectivity index (χ0v) is 10.5. The molecule has 73 valence electrons. The summed E-state index contributed by atoms with van der Waals surface area (Å²) < 4.78 is 12.7. The summed E-state index contributed by atoms with van der Waals surface area (Å²) >= 11 is 0. The summed E-state index contributed by atoms with van der Waals surface area (Å²) in [6.45, 7) is -1.65. The number of carbonyl (C=O) groups is 3. The van der Waals surface area contributed by atoms with Gasteiger partial charge in [-0.3, -0.25) is 0 Å². The van der Waals surface area contributed by atoms with Crippen molar-refractivity contribution in [3.63, 3.8) is 0 Å². The van der Waals surface area contributed by atoms with Gasteiger partial charge in [0.1, 0.15) is 17.6 Å². The van der Waals surface area contributed by atoms with Crippen LogP contribution in [0, 0.1) is 0 Å². The second-order valence-corrected chi connectivity index (χ2v) is 2.00. The molecule has 0 spiro atoms. The van der Waals surface area contributed by atoms with Crippen molar-refractivity contribution in [2.24, 2.45) is 0 Å². The van der Waals surface area contributed by atoms with Crippen molar-refractivity contribution < 1.29 is 58.2 Å². The predicted octanol–water partition coefficient (Wildman–Crippen LogP) is -2.47. The Morgan fingerprint density at radius 3 is 1.14 bits per heavy atom. The monoisotopic (exact) mass is 211 g/mol. The Balaban J connectivity index is 0. The molecule has 0 bridgehead atoms. The van der Waals surface area contributed by atoms with Gasteiger partial charge in [0.2, 0.25) is 0 Å². The van der Waals surface area contributed by atoms with Gasteiger partial charge in [0, 0.05) is 0 Å². The molecule has 0 aliphatic rings. The van der Waals surface area contributed by atoms with E-state index in [-0.39, 0.29) is 29.6 Å². The molecule has 0 saturated carbocycles. The van der Waals surface area contributed by atoms with E-state index in [0.717, 1.165) is 21.3 Å². The van der Waals surface area contributed by atoms with E-state index < -0.39 is 24.3 Å². The molecule has 0 heterocycles. The van der Waals surface area contributed by atoms with Gasteiger partial charge in [0.05, 0.1) is 21.3 Å². The summed E-state index contributed by atoms with van der Waals surface area (Å²) in [6.07, 6.45) is 0. The van der Waals surface area contributed by atoms with E-state index in [9.17, 15) is 14.4 Å². The van der Waals surface area contributed by atoms with Gasteiger partial charge in [0.15, 0.2) is 0 Å². The molecule has 0 unspecified atom stereocenters. The van der Waals surface area contributed by atoms with Crippen LogP contribution in [0.15, 0.2) is 0 Å². The predicted molar refractivity (Wildman–Crippen MR) is 43.0 cm³/mol. The average Bonchev–Trinajstić information content (AvgIpc) is 2.16. The summed E-state index contributed by atoms with van der Waals surface area (Å²) in [5.41, 5.74) is 0. The Hall–Kier alpha value is -0.525. The number of ether oxygens (including phenoxy) is 3. The minimum atomic E-state index is -1.65. The summed E-state index contributed by atoms with van der Waals surface area (Å²) in [7, 11) is 3.17. The van der Waals surface area contributed by atoms with Crippen molar-refractivity contribution in [1.29, 1.82) is 0 Å².